The normalized spacial score (nSPS) is 21.3. The van der Waals surface area contributed by atoms with Crippen LogP contribution in [0.2, 0.25) is 0 Å². The quantitative estimate of drug-likeness (QED) is 0.0755. The van der Waals surface area contributed by atoms with Crippen molar-refractivity contribution in [1.29, 1.82) is 0 Å². The van der Waals surface area contributed by atoms with E-state index in [4.69, 9.17) is 40.2 Å². The molecule has 0 spiro atoms. The minimum atomic E-state index is -4.78. The molecule has 0 bridgehead atoms. The van der Waals surface area contributed by atoms with E-state index in [1.54, 1.807) is 70.5 Å². The molecule has 3 N–H and O–H groups in total. The number of hydrogen-bond acceptors (Lipinski definition) is 19. The zero-order chi connectivity index (χ0) is 103. The Morgan fingerprint density at radius 2 is 0.775 bits per heavy atom. The molecule has 18 rings (SSSR count). The summed E-state index contributed by atoms with van der Waals surface area (Å²) in [6.45, 7) is 35.8. The summed E-state index contributed by atoms with van der Waals surface area (Å²) < 4.78 is 121. The number of morpholine rings is 1. The van der Waals surface area contributed by atoms with Crippen LogP contribution < -0.4 is 5.32 Å². The van der Waals surface area contributed by atoms with Gasteiger partial charge < -0.3 is 49.7 Å². The molecular formula is C101H120BrF8N19O13. The lowest BCUT2D eigenvalue weighted by molar-refractivity contribution is -0.162. The first-order valence-electron chi connectivity index (χ1n) is 47.8. The van der Waals surface area contributed by atoms with Crippen molar-refractivity contribution in [3.63, 3.8) is 0 Å². The van der Waals surface area contributed by atoms with Gasteiger partial charge in [0.1, 0.15) is 51.8 Å². The minimum Gasteiger partial charge on any atom is -0.481 e. The van der Waals surface area contributed by atoms with Crippen LogP contribution in [0, 0.1) is 29.5 Å². The minimum absolute atomic E-state index is 0.0257. The number of rotatable bonds is 12. The number of benzene rings is 2. The number of carboxylic acid groups (broad SMARTS) is 2. The number of aromatic nitrogens is 12. The van der Waals surface area contributed by atoms with Crippen molar-refractivity contribution in [1.82, 2.24) is 93.1 Å². The standard InChI is InChI=1S/2C29H39F2N5O4.C23H26BrN5O2.C20H16F4N4O3/c2*1-27(2,3)20-14-21(17-6-8-29(30,31)9-7-17)33-36-15-22(32-23(20)36)25(38)35-11-10-34(16-28(35,4)5)24(37)18-12-19(13-18)26(39)40;1-22(2,3)16-12-17(14-6-8-15(24)9-7-14)27-29-13-18(26-19(16)29)20(30)28-11-10-25-21(31)23(28,4)5;1-19(2)18(30)31-8-7-27(19)17(29)15-10-28-16(25-15)13(20(22,23)24)9-14(26-28)11-3-5-12(21)6-4-11/h2*14-15,17-19H,6-13,16H2,1-5H3,(H,39,40);6-9,12-13H,10-11H2,1-5H3,(H,25,31);3-6,9-10H,7-8H2,1-2H3. The largest absolute Gasteiger partial charge is 0.481 e. The lowest BCUT2D eigenvalue weighted by Gasteiger charge is -2.48. The third kappa shape index (κ3) is 21.6. The Morgan fingerprint density at radius 3 is 1.13 bits per heavy atom. The number of nitrogens with one attached hydrogen (secondary N) is 1. The molecule has 32 nitrogen and oxygen atoms in total. The molecule has 8 aromatic heterocycles. The van der Waals surface area contributed by atoms with Gasteiger partial charge >= 0.3 is 24.1 Å². The highest BCUT2D eigenvalue weighted by molar-refractivity contribution is 9.10. The van der Waals surface area contributed by atoms with Crippen LogP contribution >= 0.6 is 15.9 Å². The monoisotopic (exact) mass is 2040 g/mol. The Hall–Kier alpha value is -12.5. The van der Waals surface area contributed by atoms with Gasteiger partial charge in [-0.15, -0.1) is 0 Å². The molecule has 0 radical (unpaired) electrons. The molecule has 8 fully saturated rings. The van der Waals surface area contributed by atoms with Gasteiger partial charge in [-0.2, -0.15) is 33.6 Å². The summed E-state index contributed by atoms with van der Waals surface area (Å²) >= 11 is 3.47. The Labute approximate surface area is 823 Å². The summed E-state index contributed by atoms with van der Waals surface area (Å²) in [5, 5.41) is 39.4. The number of carbonyl (C=O) groups is 10. The summed E-state index contributed by atoms with van der Waals surface area (Å²) in [5.74, 6) is -11.5. The van der Waals surface area contributed by atoms with Gasteiger partial charge in [-0.25, -0.2) is 64.7 Å². The van der Waals surface area contributed by atoms with Crippen LogP contribution in [0.3, 0.4) is 0 Å². The molecule has 7 amide bonds. The highest BCUT2D eigenvalue weighted by Gasteiger charge is 2.51. The SMILES string of the molecule is CC(C)(C)c1cc(-c2ccc(Br)cc2)nn2cc(C(=O)N3CCNC(=O)C3(C)C)nc12.CC(C)(C)c1cc(C2CCC(F)(F)CC2)nn2cc(C(=O)N3CCN(C(=O)C4CC(C(=O)O)C4)CC3(C)C)nc12.CC(C)(C)c1cc(C2CCC(F)(F)CC2)nn2cc(C(=O)N3CCN(C(=O)C4CC(C(=O)O)C4)CC3(C)C)nc12.CC1(C)C(=O)OCCN1C(=O)c1cn2nc(-c3ccc(F)cc3)cc(C(F)(F)F)c2n1. The fraction of sp³-hybridized carbons (Fsp3) is 0.545. The van der Waals surface area contributed by atoms with E-state index >= 15 is 0 Å². The smallest absolute Gasteiger partial charge is 0.420 e. The molecule has 0 atom stereocenters. The number of hydrogen-bond donors (Lipinski definition) is 3. The molecule has 142 heavy (non-hydrogen) atoms. The van der Waals surface area contributed by atoms with E-state index in [1.165, 1.54) is 30.9 Å². The fourth-order valence-electron chi connectivity index (χ4n) is 19.8. The fourth-order valence-corrected chi connectivity index (χ4v) is 20.0. The molecular weight excluding hydrogens is 1920 g/mol. The van der Waals surface area contributed by atoms with E-state index < -0.39 is 92.9 Å². The maximum atomic E-state index is 13.8. The number of carboxylic acids is 2. The zero-order valence-corrected chi connectivity index (χ0v) is 84.2. The number of aliphatic carboxylic acids is 2. The number of cyclic esters (lactones) is 1. The van der Waals surface area contributed by atoms with Crippen molar-refractivity contribution in [2.45, 2.75) is 263 Å². The lowest BCUT2D eigenvalue weighted by atomic mass is 9.74. The number of ether oxygens (including phenoxy) is 1. The number of esters is 1. The second kappa shape index (κ2) is 38.3. The molecule has 760 valence electrons. The van der Waals surface area contributed by atoms with Crippen molar-refractivity contribution in [2.24, 2.45) is 23.7 Å². The first-order chi connectivity index (χ1) is 66.1. The van der Waals surface area contributed by atoms with Crippen LogP contribution in [-0.2, 0) is 55.9 Å². The van der Waals surface area contributed by atoms with Gasteiger partial charge in [-0.3, -0.25) is 43.2 Å². The topological polar surface area (TPSA) is 373 Å². The van der Waals surface area contributed by atoms with Crippen molar-refractivity contribution >= 4 is 97.8 Å². The van der Waals surface area contributed by atoms with Gasteiger partial charge in [-0.1, -0.05) is 90.4 Å². The van der Waals surface area contributed by atoms with Crippen molar-refractivity contribution in [2.75, 3.05) is 65.5 Å². The van der Waals surface area contributed by atoms with E-state index in [1.807, 2.05) is 70.2 Å². The lowest BCUT2D eigenvalue weighted by Crippen LogP contribution is -2.63. The van der Waals surface area contributed by atoms with Crippen molar-refractivity contribution < 1.29 is 98.0 Å². The summed E-state index contributed by atoms with van der Waals surface area (Å²) in [4.78, 5) is 154. The molecule has 8 aliphatic rings. The number of amides is 7. The van der Waals surface area contributed by atoms with Crippen molar-refractivity contribution in [3.05, 3.63) is 164 Å². The third-order valence-electron chi connectivity index (χ3n) is 28.6. The zero-order valence-electron chi connectivity index (χ0n) is 82.6. The van der Waals surface area contributed by atoms with E-state index in [0.29, 0.717) is 121 Å². The Balaban J connectivity index is 0.000000144. The number of nitrogens with zero attached hydrogens (tertiary/aromatic N) is 18. The Kier molecular flexibility index (Phi) is 28.0. The molecule has 12 heterocycles. The average Bonchev–Trinajstić information content (AvgIpc) is 1.39. The predicted octanol–water partition coefficient (Wildman–Crippen LogP) is 16.1. The maximum absolute atomic E-state index is 13.8. The third-order valence-corrected chi connectivity index (χ3v) is 29.1. The molecule has 4 saturated heterocycles. The molecule has 4 aliphatic carbocycles. The first kappa shape index (κ1) is 104. The van der Waals surface area contributed by atoms with E-state index in [0.717, 1.165) is 72.7 Å². The summed E-state index contributed by atoms with van der Waals surface area (Å²) in [6, 6.07) is 19.5. The van der Waals surface area contributed by atoms with Crippen LogP contribution in [0.1, 0.15) is 282 Å². The second-order valence-electron chi connectivity index (χ2n) is 43.8. The molecule has 10 aromatic rings. The van der Waals surface area contributed by atoms with Crippen LogP contribution in [0.5, 0.6) is 0 Å². The van der Waals surface area contributed by atoms with Gasteiger partial charge in [0.15, 0.2) is 22.6 Å². The summed E-state index contributed by atoms with van der Waals surface area (Å²) in [6.07, 6.45) is 3.53. The van der Waals surface area contributed by atoms with E-state index in [-0.39, 0.29) is 148 Å². The second-order valence-corrected chi connectivity index (χ2v) is 44.8. The molecule has 4 saturated carbocycles. The van der Waals surface area contributed by atoms with Gasteiger partial charge in [0.05, 0.1) is 77.0 Å². The van der Waals surface area contributed by atoms with Gasteiger partial charge in [0.25, 0.3) is 23.6 Å². The molecule has 2 aromatic carbocycles. The Morgan fingerprint density at radius 1 is 0.437 bits per heavy atom. The molecule has 0 unspecified atom stereocenters. The highest BCUT2D eigenvalue weighted by atomic mass is 79.9. The van der Waals surface area contributed by atoms with Crippen LogP contribution in [0.4, 0.5) is 35.1 Å². The van der Waals surface area contributed by atoms with Gasteiger partial charge in [0.2, 0.25) is 29.6 Å². The number of fused-ring (bicyclic) bond motifs is 4. The average molecular weight is 2040 g/mol. The molecule has 4 aliphatic heterocycles. The van der Waals surface area contributed by atoms with Crippen LogP contribution in [0.15, 0.2) is 102 Å². The first-order valence-corrected chi connectivity index (χ1v) is 48.6. The number of piperazine rings is 3. The maximum Gasteiger partial charge on any atom is 0.420 e. The highest BCUT2D eigenvalue weighted by Crippen LogP contribution is 2.47. The van der Waals surface area contributed by atoms with E-state index in [9.17, 15) is 83.1 Å². The number of alkyl halides is 7. The van der Waals surface area contributed by atoms with Crippen LogP contribution in [-0.4, -0.2) is 257 Å². The van der Waals surface area contributed by atoms with E-state index in [2.05, 4.69) is 98.6 Å². The van der Waals surface area contributed by atoms with Crippen molar-refractivity contribution in [3.8, 4) is 22.5 Å². The van der Waals surface area contributed by atoms with Crippen LogP contribution in [0.25, 0.3) is 45.1 Å². The number of halogens is 9. The van der Waals surface area contributed by atoms with Gasteiger partial charge in [-0.05, 0) is 184 Å². The molecule has 41 heteroatoms. The number of imidazole rings is 4. The summed E-state index contributed by atoms with van der Waals surface area (Å²) in [5.41, 5.74) is 2.54. The van der Waals surface area contributed by atoms with Gasteiger partial charge in [0, 0.05) is 134 Å². The Bertz CT molecular complexity index is 6200. The number of carbonyl (C=O) groups excluding carboxylic acids is 8. The summed E-state index contributed by atoms with van der Waals surface area (Å²) in [7, 11) is 0. The predicted molar refractivity (Wildman–Crippen MR) is 509 cm³/mol.